The minimum absolute atomic E-state index is 0.244. The summed E-state index contributed by atoms with van der Waals surface area (Å²) >= 11 is 0. The van der Waals surface area contributed by atoms with Gasteiger partial charge in [-0.25, -0.2) is 13.4 Å². The van der Waals surface area contributed by atoms with Crippen molar-refractivity contribution in [3.63, 3.8) is 0 Å². The number of sulfonamides is 1. The Balaban J connectivity index is 1.34. The Morgan fingerprint density at radius 3 is 2.06 bits per heavy atom. The lowest BCUT2D eigenvalue weighted by Crippen LogP contribution is -2.12. The second-order valence-electron chi connectivity index (χ2n) is 7.80. The van der Waals surface area contributed by atoms with Crippen molar-refractivity contribution in [2.45, 2.75) is 17.7 Å². The summed E-state index contributed by atoms with van der Waals surface area (Å²) in [6.07, 6.45) is 1.56. The maximum Gasteiger partial charge on any atom is 0.261 e. The van der Waals surface area contributed by atoms with Gasteiger partial charge in [-0.3, -0.25) is 9.29 Å². The Hall–Kier alpha value is -3.90. The molecule has 5 rings (SSSR count). The fraction of sp³-hybridized carbons (Fsp3) is 0.0741. The number of nitrogens with zero attached hydrogens (tertiary/aromatic N) is 2. The fourth-order valence-corrected chi connectivity index (χ4v) is 5.00. The van der Waals surface area contributed by atoms with Crippen molar-refractivity contribution >= 4 is 26.7 Å². The third-order valence-electron chi connectivity index (χ3n) is 5.54. The summed E-state index contributed by atoms with van der Waals surface area (Å²) in [7, 11) is -3.60. The summed E-state index contributed by atoms with van der Waals surface area (Å²) in [5.41, 5.74) is 4.81. The Kier molecular flexibility index (Phi) is 5.67. The van der Waals surface area contributed by atoms with E-state index in [-0.39, 0.29) is 4.90 Å². The van der Waals surface area contributed by atoms with Gasteiger partial charge in [-0.15, -0.1) is 0 Å². The third kappa shape index (κ3) is 4.52. The number of nitrogens with one attached hydrogen (secondary N) is 1. The molecular formula is C27H23N3O2S. The first-order valence-corrected chi connectivity index (χ1v) is 12.3. The number of benzene rings is 4. The summed E-state index contributed by atoms with van der Waals surface area (Å²) in [4.78, 5) is 5.12. The third-order valence-corrected chi connectivity index (χ3v) is 6.94. The van der Waals surface area contributed by atoms with Crippen LogP contribution in [-0.4, -0.2) is 18.0 Å². The largest absolute Gasteiger partial charge is 0.296 e. The number of imidazole rings is 1. The van der Waals surface area contributed by atoms with Crippen LogP contribution in [0.1, 0.15) is 11.4 Å². The standard InChI is InChI=1S/C27H23N3O2S/c31-33(32,24-11-5-2-6-12-24)29-22-18-15-21(16-19-22)17-20-27-28-25-13-7-8-14-26(25)30(27)23-9-3-1-4-10-23/h1-16,18-19,29H,17,20H2. The lowest BCUT2D eigenvalue weighted by Gasteiger charge is -2.10. The summed E-state index contributed by atoms with van der Waals surface area (Å²) in [6, 6.07) is 34.3. The zero-order valence-corrected chi connectivity index (χ0v) is 18.7. The van der Waals surface area contributed by atoms with Crippen LogP contribution in [0.5, 0.6) is 0 Å². The van der Waals surface area contributed by atoms with Gasteiger partial charge in [-0.2, -0.15) is 0 Å². The van der Waals surface area contributed by atoms with E-state index in [2.05, 4.69) is 27.5 Å². The Morgan fingerprint density at radius 2 is 1.33 bits per heavy atom. The molecule has 6 heteroatoms. The predicted molar refractivity (Wildman–Crippen MR) is 132 cm³/mol. The predicted octanol–water partition coefficient (Wildman–Crippen LogP) is 5.61. The van der Waals surface area contributed by atoms with Crippen LogP contribution in [0.4, 0.5) is 5.69 Å². The molecule has 33 heavy (non-hydrogen) atoms. The quantitative estimate of drug-likeness (QED) is 0.348. The van der Waals surface area contributed by atoms with Crippen LogP contribution in [0, 0.1) is 0 Å². The van der Waals surface area contributed by atoms with E-state index in [1.54, 1.807) is 42.5 Å². The molecule has 0 saturated heterocycles. The molecular weight excluding hydrogens is 430 g/mol. The molecule has 1 N–H and O–H groups in total. The second-order valence-corrected chi connectivity index (χ2v) is 9.49. The van der Waals surface area contributed by atoms with Crippen molar-refractivity contribution < 1.29 is 8.42 Å². The number of hydrogen-bond acceptors (Lipinski definition) is 3. The Morgan fingerprint density at radius 1 is 0.697 bits per heavy atom. The molecule has 0 atom stereocenters. The van der Waals surface area contributed by atoms with Gasteiger partial charge in [0, 0.05) is 17.8 Å². The van der Waals surface area contributed by atoms with Gasteiger partial charge < -0.3 is 0 Å². The highest BCUT2D eigenvalue weighted by Gasteiger charge is 2.14. The van der Waals surface area contributed by atoms with Crippen molar-refractivity contribution in [3.8, 4) is 5.69 Å². The second kappa shape index (κ2) is 8.92. The lowest BCUT2D eigenvalue weighted by atomic mass is 10.1. The van der Waals surface area contributed by atoms with Crippen LogP contribution in [0.2, 0.25) is 0 Å². The van der Waals surface area contributed by atoms with Crippen molar-refractivity contribution in [1.82, 2.24) is 9.55 Å². The van der Waals surface area contributed by atoms with Crippen LogP contribution >= 0.6 is 0 Å². The maximum absolute atomic E-state index is 12.5. The summed E-state index contributed by atoms with van der Waals surface area (Å²) in [5.74, 6) is 0.997. The first-order chi connectivity index (χ1) is 16.1. The van der Waals surface area contributed by atoms with Gasteiger partial charge in [-0.05, 0) is 60.5 Å². The molecule has 0 spiro atoms. The molecule has 5 aromatic rings. The van der Waals surface area contributed by atoms with Crippen LogP contribution in [0.15, 0.2) is 114 Å². The van der Waals surface area contributed by atoms with Crippen molar-refractivity contribution in [1.29, 1.82) is 0 Å². The normalized spacial score (nSPS) is 11.5. The Labute approximate surface area is 193 Å². The number of fused-ring (bicyclic) bond motifs is 1. The maximum atomic E-state index is 12.5. The summed E-state index contributed by atoms with van der Waals surface area (Å²) in [5, 5.41) is 0. The van der Waals surface area contributed by atoms with Gasteiger partial charge in [0.2, 0.25) is 0 Å². The first kappa shape index (κ1) is 21.0. The minimum atomic E-state index is -3.60. The number of anilines is 1. The number of hydrogen-bond donors (Lipinski definition) is 1. The minimum Gasteiger partial charge on any atom is -0.296 e. The molecule has 1 heterocycles. The topological polar surface area (TPSA) is 64.0 Å². The highest BCUT2D eigenvalue weighted by Crippen LogP contribution is 2.23. The smallest absolute Gasteiger partial charge is 0.261 e. The molecule has 1 aromatic heterocycles. The van der Waals surface area contributed by atoms with Gasteiger partial charge in [0.1, 0.15) is 5.82 Å². The zero-order valence-electron chi connectivity index (χ0n) is 17.9. The molecule has 0 radical (unpaired) electrons. The first-order valence-electron chi connectivity index (χ1n) is 10.8. The molecule has 0 saturated carbocycles. The SMILES string of the molecule is O=S(=O)(Nc1ccc(CCc2nc3ccccc3n2-c2ccccc2)cc1)c1ccccc1. The number of para-hydroxylation sites is 3. The van der Waals surface area contributed by atoms with Gasteiger partial charge in [-0.1, -0.05) is 60.7 Å². The van der Waals surface area contributed by atoms with E-state index >= 15 is 0 Å². The Bertz CT molecular complexity index is 1480. The molecule has 0 aliphatic carbocycles. The molecule has 164 valence electrons. The molecule has 0 fully saturated rings. The van der Waals surface area contributed by atoms with Gasteiger partial charge in [0.25, 0.3) is 10.0 Å². The van der Waals surface area contributed by atoms with E-state index in [1.807, 2.05) is 48.5 Å². The summed E-state index contributed by atoms with van der Waals surface area (Å²) < 4.78 is 29.9. The van der Waals surface area contributed by atoms with Crippen LogP contribution in [-0.2, 0) is 22.9 Å². The van der Waals surface area contributed by atoms with E-state index in [4.69, 9.17) is 4.98 Å². The van der Waals surface area contributed by atoms with Gasteiger partial charge in [0.15, 0.2) is 0 Å². The molecule has 5 nitrogen and oxygen atoms in total. The van der Waals surface area contributed by atoms with E-state index < -0.39 is 10.0 Å². The zero-order chi connectivity index (χ0) is 22.7. The average Bonchev–Trinajstić information content (AvgIpc) is 3.23. The van der Waals surface area contributed by atoms with Crippen LogP contribution in [0.25, 0.3) is 16.7 Å². The van der Waals surface area contributed by atoms with E-state index in [0.29, 0.717) is 5.69 Å². The molecule has 0 bridgehead atoms. The monoisotopic (exact) mass is 453 g/mol. The molecule has 4 aromatic carbocycles. The van der Waals surface area contributed by atoms with Crippen molar-refractivity contribution in [2.75, 3.05) is 4.72 Å². The highest BCUT2D eigenvalue weighted by atomic mass is 32.2. The van der Waals surface area contributed by atoms with Gasteiger partial charge >= 0.3 is 0 Å². The van der Waals surface area contributed by atoms with Crippen molar-refractivity contribution in [3.05, 3.63) is 121 Å². The van der Waals surface area contributed by atoms with E-state index in [0.717, 1.165) is 41.0 Å². The van der Waals surface area contributed by atoms with E-state index in [9.17, 15) is 8.42 Å². The number of aryl methyl sites for hydroxylation is 2. The fourth-order valence-electron chi connectivity index (χ4n) is 3.92. The van der Waals surface area contributed by atoms with Gasteiger partial charge in [0.05, 0.1) is 15.9 Å². The molecule has 0 unspecified atom stereocenters. The number of rotatable bonds is 7. The summed E-state index contributed by atoms with van der Waals surface area (Å²) in [6.45, 7) is 0. The average molecular weight is 454 g/mol. The van der Waals surface area contributed by atoms with E-state index in [1.165, 1.54) is 0 Å². The van der Waals surface area contributed by atoms with Crippen LogP contribution < -0.4 is 4.72 Å². The van der Waals surface area contributed by atoms with Crippen molar-refractivity contribution in [2.24, 2.45) is 0 Å². The van der Waals surface area contributed by atoms with Crippen LogP contribution in [0.3, 0.4) is 0 Å². The highest BCUT2D eigenvalue weighted by molar-refractivity contribution is 7.92. The number of aromatic nitrogens is 2. The lowest BCUT2D eigenvalue weighted by molar-refractivity contribution is 0.601. The molecule has 0 aliphatic heterocycles. The molecule has 0 aliphatic rings. The molecule has 0 amide bonds.